The smallest absolute Gasteiger partial charge is 0.257 e. The van der Waals surface area contributed by atoms with Crippen LogP contribution in [0.4, 0.5) is 0 Å². The summed E-state index contributed by atoms with van der Waals surface area (Å²) in [7, 11) is 0. The third-order valence-electron chi connectivity index (χ3n) is 5.95. The van der Waals surface area contributed by atoms with Gasteiger partial charge in [0.05, 0.1) is 24.1 Å². The van der Waals surface area contributed by atoms with Crippen LogP contribution in [0.5, 0.6) is 5.75 Å². The van der Waals surface area contributed by atoms with Gasteiger partial charge in [0.1, 0.15) is 23.5 Å². The molecule has 3 aromatic rings. The van der Waals surface area contributed by atoms with Crippen molar-refractivity contribution in [3.8, 4) is 5.75 Å². The lowest BCUT2D eigenvalue weighted by Crippen LogP contribution is -2.49. The van der Waals surface area contributed by atoms with Gasteiger partial charge >= 0.3 is 0 Å². The fourth-order valence-electron chi connectivity index (χ4n) is 4.01. The van der Waals surface area contributed by atoms with Gasteiger partial charge in [-0.25, -0.2) is 0 Å². The zero-order valence-corrected chi connectivity index (χ0v) is 18.6. The molecule has 0 spiro atoms. The second-order valence-corrected chi connectivity index (χ2v) is 8.63. The number of ether oxygens (including phenoxy) is 1. The fraction of sp³-hybridized carbons (Fsp3) is 0.333. The Hall–Kier alpha value is -2.91. The summed E-state index contributed by atoms with van der Waals surface area (Å²) in [5, 5.41) is 32.9. The molecule has 1 aromatic heterocycles. The third-order valence-corrected chi connectivity index (χ3v) is 6.21. The minimum Gasteiger partial charge on any atom is -0.489 e. The van der Waals surface area contributed by atoms with Gasteiger partial charge in [0, 0.05) is 24.4 Å². The Balaban J connectivity index is 1.81. The number of aliphatic hydroxyl groups is 3. The van der Waals surface area contributed by atoms with E-state index in [9.17, 15) is 24.9 Å². The van der Waals surface area contributed by atoms with Crippen molar-refractivity contribution in [3.63, 3.8) is 0 Å². The predicted molar refractivity (Wildman–Crippen MR) is 124 cm³/mol. The lowest BCUT2D eigenvalue weighted by molar-refractivity contribution is 0.0182. The maximum atomic E-state index is 13.4. The summed E-state index contributed by atoms with van der Waals surface area (Å²) in [4.78, 5) is 26.4. The maximum absolute atomic E-state index is 13.4. The number of pyridine rings is 1. The van der Waals surface area contributed by atoms with Gasteiger partial charge in [-0.15, -0.1) is 0 Å². The molecule has 1 amide bonds. The molecule has 4 N–H and O–H groups in total. The van der Waals surface area contributed by atoms with Crippen LogP contribution in [0.15, 0.2) is 47.4 Å². The van der Waals surface area contributed by atoms with Gasteiger partial charge in [-0.05, 0) is 48.2 Å². The van der Waals surface area contributed by atoms with Crippen molar-refractivity contribution in [2.24, 2.45) is 0 Å². The summed E-state index contributed by atoms with van der Waals surface area (Å²) < 4.78 is 7.41. The topological polar surface area (TPSA) is 121 Å². The first-order valence-corrected chi connectivity index (χ1v) is 11.0. The van der Waals surface area contributed by atoms with E-state index in [1.165, 1.54) is 6.20 Å². The third kappa shape index (κ3) is 4.35. The summed E-state index contributed by atoms with van der Waals surface area (Å²) in [6, 6.07) is 10.4. The van der Waals surface area contributed by atoms with Crippen molar-refractivity contribution in [2.45, 2.75) is 24.9 Å². The second kappa shape index (κ2) is 9.52. The van der Waals surface area contributed by atoms with Gasteiger partial charge in [-0.2, -0.15) is 0 Å². The summed E-state index contributed by atoms with van der Waals surface area (Å²) in [6.45, 7) is -0.717. The van der Waals surface area contributed by atoms with Crippen LogP contribution in [-0.4, -0.2) is 52.2 Å². The normalized spacial score (nSPS) is 14.2. The van der Waals surface area contributed by atoms with Crippen LogP contribution in [0.25, 0.3) is 10.9 Å². The molecule has 0 bridgehead atoms. The highest BCUT2D eigenvalue weighted by molar-refractivity contribution is 6.30. The Morgan fingerprint density at radius 1 is 1.12 bits per heavy atom. The number of rotatable bonds is 8. The second-order valence-electron chi connectivity index (χ2n) is 8.20. The van der Waals surface area contributed by atoms with Crippen LogP contribution < -0.4 is 15.5 Å². The number of hydrogen-bond donors (Lipinski definition) is 4. The quantitative estimate of drug-likeness (QED) is 0.395. The van der Waals surface area contributed by atoms with Gasteiger partial charge < -0.3 is 29.9 Å². The van der Waals surface area contributed by atoms with Crippen LogP contribution >= 0.6 is 11.6 Å². The van der Waals surface area contributed by atoms with E-state index in [0.717, 1.165) is 11.1 Å². The molecule has 2 aromatic carbocycles. The molecule has 33 heavy (non-hydrogen) atoms. The first-order chi connectivity index (χ1) is 15.9. The van der Waals surface area contributed by atoms with Gasteiger partial charge in [0.15, 0.2) is 0 Å². The number of aromatic nitrogens is 1. The number of aryl methyl sites for hydroxylation is 1. The first-order valence-electron chi connectivity index (χ1n) is 10.6. The molecule has 4 rings (SSSR count). The van der Waals surface area contributed by atoms with E-state index in [-0.39, 0.29) is 30.7 Å². The fourth-order valence-corrected chi connectivity index (χ4v) is 4.14. The summed E-state index contributed by atoms with van der Waals surface area (Å²) in [5.41, 5.74) is 0.214. The molecular weight excluding hydrogens is 448 g/mol. The molecule has 2 heterocycles. The summed E-state index contributed by atoms with van der Waals surface area (Å²) in [5.74, 6) is -0.137. The Labute approximate surface area is 195 Å². The number of carbonyl (C=O) groups excluding carboxylic acids is 1. The van der Waals surface area contributed by atoms with E-state index < -0.39 is 30.1 Å². The van der Waals surface area contributed by atoms with Crippen molar-refractivity contribution < 1.29 is 24.9 Å². The highest BCUT2D eigenvalue weighted by Crippen LogP contribution is 2.36. The van der Waals surface area contributed by atoms with E-state index in [1.54, 1.807) is 41.0 Å². The van der Waals surface area contributed by atoms with Gasteiger partial charge in [-0.1, -0.05) is 23.7 Å². The molecule has 8 nitrogen and oxygen atoms in total. The lowest BCUT2D eigenvalue weighted by Gasteiger charge is -2.38. The van der Waals surface area contributed by atoms with E-state index in [2.05, 4.69) is 5.32 Å². The Morgan fingerprint density at radius 2 is 1.85 bits per heavy atom. The summed E-state index contributed by atoms with van der Waals surface area (Å²) in [6.07, 6.45) is 2.42. The van der Waals surface area contributed by atoms with Gasteiger partial charge in [-0.3, -0.25) is 9.59 Å². The van der Waals surface area contributed by atoms with Crippen LogP contribution in [0.2, 0.25) is 5.02 Å². The van der Waals surface area contributed by atoms with Crippen molar-refractivity contribution in [1.29, 1.82) is 0 Å². The number of hydrogen-bond acceptors (Lipinski definition) is 6. The van der Waals surface area contributed by atoms with Gasteiger partial charge in [0.25, 0.3) is 5.91 Å². The highest BCUT2D eigenvalue weighted by atomic mass is 35.5. The Morgan fingerprint density at radius 3 is 2.52 bits per heavy atom. The van der Waals surface area contributed by atoms with Crippen LogP contribution in [-0.2, 0) is 18.5 Å². The van der Waals surface area contributed by atoms with Crippen LogP contribution in [0.1, 0.15) is 27.9 Å². The number of aliphatic hydroxyl groups excluding tert-OH is 3. The van der Waals surface area contributed by atoms with Crippen molar-refractivity contribution >= 4 is 28.4 Å². The SMILES string of the molecule is O=C(NCc1ccc(Cl)cc1)c1cn2c3c(cc(CCCO)cc3c1=O)OCC2(CO)CO. The molecule has 0 saturated heterocycles. The average Bonchev–Trinajstić information content (AvgIpc) is 2.84. The number of nitrogens with zero attached hydrogens (tertiary/aromatic N) is 1. The van der Waals surface area contributed by atoms with Crippen molar-refractivity contribution in [2.75, 3.05) is 26.4 Å². The molecule has 0 radical (unpaired) electrons. The molecular formula is C24H25ClN2O6. The molecule has 1 aliphatic rings. The molecule has 9 heteroatoms. The molecule has 0 unspecified atom stereocenters. The molecule has 0 fully saturated rings. The Bertz CT molecular complexity index is 1230. The van der Waals surface area contributed by atoms with E-state index in [0.29, 0.717) is 29.1 Å². The molecule has 1 aliphatic heterocycles. The monoisotopic (exact) mass is 472 g/mol. The minimum atomic E-state index is -1.23. The first kappa shape index (κ1) is 23.3. The lowest BCUT2D eigenvalue weighted by atomic mass is 9.96. The molecule has 0 saturated carbocycles. The van der Waals surface area contributed by atoms with Crippen LogP contribution in [0.3, 0.4) is 0 Å². The predicted octanol–water partition coefficient (Wildman–Crippen LogP) is 1.58. The number of nitrogens with one attached hydrogen (secondary N) is 1. The van der Waals surface area contributed by atoms with E-state index in [1.807, 2.05) is 0 Å². The number of halogens is 1. The molecule has 0 aliphatic carbocycles. The zero-order valence-electron chi connectivity index (χ0n) is 17.9. The molecule has 0 atom stereocenters. The van der Waals surface area contributed by atoms with Crippen molar-refractivity contribution in [3.05, 3.63) is 74.5 Å². The standard InChI is InChI=1S/C24H25ClN2O6/c25-17-5-3-15(4-6-17)10-26-23(32)19-11-27-21-18(22(19)31)8-16(2-1-7-28)9-20(21)33-14-24(27,12-29)13-30/h3-6,8-9,11,28-30H,1-2,7,10,12-14H2,(H,26,32). The van der Waals surface area contributed by atoms with Crippen molar-refractivity contribution in [1.82, 2.24) is 9.88 Å². The minimum absolute atomic E-state index is 0.00371. The maximum Gasteiger partial charge on any atom is 0.257 e. The highest BCUT2D eigenvalue weighted by Gasteiger charge is 2.38. The largest absolute Gasteiger partial charge is 0.489 e. The number of benzene rings is 2. The van der Waals surface area contributed by atoms with E-state index >= 15 is 0 Å². The number of amides is 1. The molecule has 174 valence electrons. The average molecular weight is 473 g/mol. The van der Waals surface area contributed by atoms with Gasteiger partial charge in [0.2, 0.25) is 5.43 Å². The zero-order chi connectivity index (χ0) is 23.6. The summed E-state index contributed by atoms with van der Waals surface area (Å²) >= 11 is 5.90. The van der Waals surface area contributed by atoms with E-state index in [4.69, 9.17) is 16.3 Å². The van der Waals surface area contributed by atoms with Crippen LogP contribution in [0, 0.1) is 0 Å². The Kier molecular flexibility index (Phi) is 6.71. The number of carbonyl (C=O) groups is 1.